The highest BCUT2D eigenvalue weighted by molar-refractivity contribution is 6.00. The Kier molecular flexibility index (Phi) is 3.97. The van der Waals surface area contributed by atoms with Crippen molar-refractivity contribution in [1.29, 1.82) is 5.26 Å². The molecule has 1 amide bonds. The maximum Gasteiger partial charge on any atom is 0.335 e. The van der Waals surface area contributed by atoms with Crippen LogP contribution in [-0.4, -0.2) is 17.0 Å². The third-order valence-corrected chi connectivity index (χ3v) is 6.38. The molecule has 3 aliphatic rings. The first-order chi connectivity index (χ1) is 14.5. The standard InChI is InChI=1S/C25H18N2O3/c26-14-25(24(30)27-16-11-9-15(10-12-16)23(28)29)13-21-17-5-1-3-7-19(17)22(25)20-8-4-2-6-18(20)21/h1-12,21-22H,13H2,(H,27,30)(H,28,29)/t21?,22?,25-/m0/s1. The maximum absolute atomic E-state index is 13.5. The van der Waals surface area contributed by atoms with Gasteiger partial charge < -0.3 is 10.4 Å². The molecule has 0 radical (unpaired) electrons. The van der Waals surface area contributed by atoms with Gasteiger partial charge in [0.15, 0.2) is 0 Å². The van der Waals surface area contributed by atoms with Crippen molar-refractivity contribution in [2.45, 2.75) is 18.3 Å². The molecule has 0 spiro atoms. The van der Waals surface area contributed by atoms with Crippen molar-refractivity contribution in [3.63, 3.8) is 0 Å². The summed E-state index contributed by atoms with van der Waals surface area (Å²) in [6.07, 6.45) is 0.418. The molecule has 2 N–H and O–H groups in total. The van der Waals surface area contributed by atoms with Crippen LogP contribution in [0.1, 0.15) is 50.9 Å². The second-order valence-corrected chi connectivity index (χ2v) is 7.87. The average molecular weight is 394 g/mol. The van der Waals surface area contributed by atoms with E-state index < -0.39 is 11.4 Å². The predicted molar refractivity (Wildman–Crippen MR) is 111 cm³/mol. The number of anilines is 1. The van der Waals surface area contributed by atoms with Crippen molar-refractivity contribution in [3.05, 3.63) is 101 Å². The number of carbonyl (C=O) groups excluding carboxylic acids is 1. The van der Waals surface area contributed by atoms with E-state index in [1.54, 1.807) is 12.1 Å². The third kappa shape index (κ3) is 2.47. The second-order valence-electron chi connectivity index (χ2n) is 7.87. The van der Waals surface area contributed by atoms with Gasteiger partial charge in [-0.25, -0.2) is 4.79 Å². The number of aromatic carboxylic acids is 1. The SMILES string of the molecule is N#C[C@@]1(C(=O)Nc2ccc(C(=O)O)cc2)CC2c3ccccc3C1c1ccccc12. The first-order valence-electron chi connectivity index (χ1n) is 9.79. The number of nitrogens with one attached hydrogen (secondary N) is 1. The molecule has 146 valence electrons. The number of carboxylic acids is 1. The fraction of sp³-hybridized carbons (Fsp3) is 0.160. The van der Waals surface area contributed by atoms with Crippen LogP contribution in [0.3, 0.4) is 0 Å². The van der Waals surface area contributed by atoms with Crippen LogP contribution in [0.5, 0.6) is 0 Å². The van der Waals surface area contributed by atoms with E-state index in [-0.39, 0.29) is 23.3 Å². The molecule has 0 aromatic heterocycles. The molecule has 5 heteroatoms. The number of carboxylic acid groups (broad SMARTS) is 1. The van der Waals surface area contributed by atoms with Crippen molar-refractivity contribution >= 4 is 17.6 Å². The summed E-state index contributed by atoms with van der Waals surface area (Å²) in [6, 6.07) is 24.5. The second kappa shape index (κ2) is 6.57. The molecule has 6 rings (SSSR count). The van der Waals surface area contributed by atoms with Crippen molar-refractivity contribution < 1.29 is 14.7 Å². The van der Waals surface area contributed by atoms with E-state index in [0.717, 1.165) is 11.1 Å². The largest absolute Gasteiger partial charge is 0.478 e. The molecule has 0 fully saturated rings. The predicted octanol–water partition coefficient (Wildman–Crippen LogP) is 4.51. The monoisotopic (exact) mass is 394 g/mol. The minimum absolute atomic E-state index is 0.0119. The number of carbonyl (C=O) groups is 2. The Balaban J connectivity index is 1.58. The summed E-state index contributed by atoms with van der Waals surface area (Å²) < 4.78 is 0. The molecule has 3 aromatic rings. The molecule has 0 unspecified atom stereocenters. The van der Waals surface area contributed by atoms with Gasteiger partial charge in [0.1, 0.15) is 5.41 Å². The van der Waals surface area contributed by atoms with Crippen LogP contribution in [0.4, 0.5) is 5.69 Å². The van der Waals surface area contributed by atoms with E-state index in [1.165, 1.54) is 23.3 Å². The van der Waals surface area contributed by atoms with Crippen LogP contribution in [0, 0.1) is 16.7 Å². The zero-order valence-electron chi connectivity index (χ0n) is 16.0. The maximum atomic E-state index is 13.5. The van der Waals surface area contributed by atoms with Crippen LogP contribution in [0.15, 0.2) is 72.8 Å². The minimum atomic E-state index is -1.24. The number of rotatable bonds is 3. The van der Waals surface area contributed by atoms with Crippen LogP contribution >= 0.6 is 0 Å². The topological polar surface area (TPSA) is 90.2 Å². The number of hydrogen-bond acceptors (Lipinski definition) is 3. The van der Waals surface area contributed by atoms with Gasteiger partial charge in [0.25, 0.3) is 0 Å². The number of hydrogen-bond donors (Lipinski definition) is 2. The lowest BCUT2D eigenvalue weighted by Crippen LogP contribution is -2.48. The summed E-state index contributed by atoms with van der Waals surface area (Å²) in [5, 5.41) is 22.2. The first kappa shape index (κ1) is 18.1. The molecular formula is C25H18N2O3. The van der Waals surface area contributed by atoms with Gasteiger partial charge in [-0.15, -0.1) is 0 Å². The fourth-order valence-electron chi connectivity index (χ4n) is 5.03. The van der Waals surface area contributed by atoms with Crippen molar-refractivity contribution in [1.82, 2.24) is 0 Å². The molecule has 5 nitrogen and oxygen atoms in total. The summed E-state index contributed by atoms with van der Waals surface area (Å²) in [4.78, 5) is 24.6. The van der Waals surface area contributed by atoms with E-state index in [1.807, 2.05) is 36.4 Å². The molecule has 0 saturated heterocycles. The molecule has 2 bridgehead atoms. The third-order valence-electron chi connectivity index (χ3n) is 6.38. The molecule has 0 aliphatic heterocycles. The molecular weight excluding hydrogens is 376 g/mol. The number of fused-ring (bicyclic) bond motifs is 1. The Morgan fingerprint density at radius 2 is 1.43 bits per heavy atom. The fourth-order valence-corrected chi connectivity index (χ4v) is 5.03. The first-order valence-corrected chi connectivity index (χ1v) is 9.79. The van der Waals surface area contributed by atoms with Gasteiger partial charge in [-0.05, 0) is 52.9 Å². The van der Waals surface area contributed by atoms with E-state index >= 15 is 0 Å². The zero-order chi connectivity index (χ0) is 20.9. The van der Waals surface area contributed by atoms with Gasteiger partial charge in [0.2, 0.25) is 5.91 Å². The Morgan fingerprint density at radius 1 is 0.900 bits per heavy atom. The Bertz CT molecular complexity index is 1180. The Hall–Kier alpha value is -3.91. The van der Waals surface area contributed by atoms with Crippen LogP contribution in [0.25, 0.3) is 0 Å². The number of benzene rings is 3. The highest BCUT2D eigenvalue weighted by Gasteiger charge is 2.57. The summed E-state index contributed by atoms with van der Waals surface area (Å²) >= 11 is 0. The van der Waals surface area contributed by atoms with E-state index in [2.05, 4.69) is 23.5 Å². The number of nitrogens with zero attached hydrogens (tertiary/aromatic N) is 1. The van der Waals surface area contributed by atoms with E-state index in [4.69, 9.17) is 5.11 Å². The summed E-state index contributed by atoms with van der Waals surface area (Å²) in [6.45, 7) is 0. The smallest absolute Gasteiger partial charge is 0.335 e. The van der Waals surface area contributed by atoms with Gasteiger partial charge in [-0.1, -0.05) is 48.5 Å². The van der Waals surface area contributed by atoms with E-state index in [0.29, 0.717) is 12.1 Å². The average Bonchev–Trinajstić information content (AvgIpc) is 2.79. The van der Waals surface area contributed by atoms with Crippen LogP contribution in [-0.2, 0) is 4.79 Å². The summed E-state index contributed by atoms with van der Waals surface area (Å²) in [5.41, 5.74) is 3.82. The molecule has 3 aromatic carbocycles. The molecule has 0 heterocycles. The molecule has 0 saturated carbocycles. The highest BCUT2D eigenvalue weighted by Crippen LogP contribution is 2.61. The lowest BCUT2D eigenvalue weighted by molar-refractivity contribution is -0.124. The lowest BCUT2D eigenvalue weighted by atomic mass is 9.52. The molecule has 3 aliphatic carbocycles. The Labute approximate surface area is 173 Å². The minimum Gasteiger partial charge on any atom is -0.478 e. The number of amides is 1. The van der Waals surface area contributed by atoms with Gasteiger partial charge in [-0.2, -0.15) is 5.26 Å². The van der Waals surface area contributed by atoms with Crippen molar-refractivity contribution in [2.24, 2.45) is 5.41 Å². The van der Waals surface area contributed by atoms with Gasteiger partial charge >= 0.3 is 5.97 Å². The van der Waals surface area contributed by atoms with Crippen molar-refractivity contribution in [2.75, 3.05) is 5.32 Å². The van der Waals surface area contributed by atoms with Gasteiger partial charge in [-0.3, -0.25) is 4.79 Å². The van der Waals surface area contributed by atoms with Gasteiger partial charge in [0.05, 0.1) is 11.6 Å². The summed E-state index contributed by atoms with van der Waals surface area (Å²) in [7, 11) is 0. The van der Waals surface area contributed by atoms with Crippen LogP contribution in [0.2, 0.25) is 0 Å². The Morgan fingerprint density at radius 3 is 1.93 bits per heavy atom. The lowest BCUT2D eigenvalue weighted by Gasteiger charge is -2.48. The highest BCUT2D eigenvalue weighted by atomic mass is 16.4. The van der Waals surface area contributed by atoms with Crippen molar-refractivity contribution in [3.8, 4) is 6.07 Å². The van der Waals surface area contributed by atoms with Crippen LogP contribution < -0.4 is 5.32 Å². The molecule has 1 atom stereocenters. The number of nitriles is 1. The quantitative estimate of drug-likeness (QED) is 0.684. The molecule has 30 heavy (non-hydrogen) atoms. The zero-order valence-corrected chi connectivity index (χ0v) is 16.0. The summed E-state index contributed by atoms with van der Waals surface area (Å²) in [5.74, 6) is -1.74. The normalized spacial score (nSPS) is 23.0. The van der Waals surface area contributed by atoms with Gasteiger partial charge in [0, 0.05) is 17.5 Å². The van der Waals surface area contributed by atoms with E-state index in [9.17, 15) is 14.9 Å².